The highest BCUT2D eigenvalue weighted by Gasteiger charge is 2.59. The van der Waals surface area contributed by atoms with Crippen LogP contribution in [-0.4, -0.2) is 49.9 Å². The Hall–Kier alpha value is -0.690. The first-order valence-electron chi connectivity index (χ1n) is 8.75. The molecule has 0 amide bonds. The molecule has 2 saturated heterocycles. The van der Waals surface area contributed by atoms with Gasteiger partial charge in [-0.25, -0.2) is 0 Å². The molecule has 132 valence electrons. The number of methoxy groups -OCH3 is 1. The van der Waals surface area contributed by atoms with E-state index in [1.54, 1.807) is 0 Å². The molecule has 1 aromatic carbocycles. The molecule has 0 aromatic heterocycles. The zero-order chi connectivity index (χ0) is 17.3. The van der Waals surface area contributed by atoms with E-state index in [0.717, 1.165) is 30.3 Å². The minimum absolute atomic E-state index is 0.103. The number of fused-ring (bicyclic) bond motifs is 2. The molecule has 5 heteroatoms. The van der Waals surface area contributed by atoms with Crippen LogP contribution < -0.4 is 0 Å². The Labute approximate surface area is 157 Å². The molecule has 5 unspecified atom stereocenters. The number of esters is 1. The van der Waals surface area contributed by atoms with Crippen molar-refractivity contribution < 1.29 is 18.4 Å². The molecule has 2 heterocycles. The Morgan fingerprint density at radius 1 is 1.33 bits per heavy atom. The summed E-state index contributed by atoms with van der Waals surface area (Å²) >= 11 is 2.30. The van der Waals surface area contributed by atoms with Crippen molar-refractivity contribution in [3.8, 4) is 0 Å². The molecule has 0 aliphatic carbocycles. The number of alkyl halides is 1. The third-order valence-electron chi connectivity index (χ3n) is 6.31. The summed E-state index contributed by atoms with van der Waals surface area (Å²) in [6.07, 6.45) is 3.72. The zero-order valence-electron chi connectivity index (χ0n) is 14.4. The monoisotopic (exact) mass is 446 g/mol. The van der Waals surface area contributed by atoms with Crippen molar-refractivity contribution >= 4 is 28.6 Å². The predicted octanol–water partition coefficient (Wildman–Crippen LogP) is 3.90. The molecule has 2 bridgehead atoms. The van der Waals surface area contributed by atoms with Crippen molar-refractivity contribution in [2.75, 3.05) is 27.4 Å². The van der Waals surface area contributed by atoms with E-state index in [2.05, 4.69) is 53.9 Å². The quantitative estimate of drug-likeness (QED) is 0.390. The summed E-state index contributed by atoms with van der Waals surface area (Å²) in [5, 5.41) is 0. The van der Waals surface area contributed by atoms with E-state index in [1.807, 2.05) is 0 Å². The van der Waals surface area contributed by atoms with Crippen molar-refractivity contribution in [1.82, 2.24) is 0 Å². The average molecular weight is 446 g/mol. The van der Waals surface area contributed by atoms with Crippen molar-refractivity contribution in [2.45, 2.75) is 43.7 Å². The fraction of sp³-hybridized carbons (Fsp3) is 0.632. The third kappa shape index (κ3) is 3.09. The number of carbonyl (C=O) groups is 1. The Morgan fingerprint density at radius 2 is 2.04 bits per heavy atom. The zero-order valence-corrected chi connectivity index (χ0v) is 16.5. The van der Waals surface area contributed by atoms with Crippen LogP contribution in [0.25, 0.3) is 0 Å². The highest BCUT2D eigenvalue weighted by atomic mass is 127. The molecule has 2 aliphatic heterocycles. The van der Waals surface area contributed by atoms with Gasteiger partial charge in [0, 0.05) is 35.2 Å². The first kappa shape index (κ1) is 18.1. The first-order chi connectivity index (χ1) is 11.5. The number of hydrogen-bond donors (Lipinski definition) is 0. The highest BCUT2D eigenvalue weighted by molar-refractivity contribution is 14.1. The number of nitrogens with zero attached hydrogens (tertiary/aromatic N) is 1. The molecule has 0 N–H and O–H groups in total. The van der Waals surface area contributed by atoms with Crippen LogP contribution in [0.1, 0.15) is 37.2 Å². The van der Waals surface area contributed by atoms with Crippen LogP contribution >= 0.6 is 22.6 Å². The Morgan fingerprint density at radius 3 is 2.67 bits per heavy atom. The normalized spacial score (nSPS) is 35.0. The maximum absolute atomic E-state index is 12.8. The second-order valence-corrected chi connectivity index (χ2v) is 8.60. The number of piperidine rings is 1. The SMILES string of the molecule is COC(=O)C1C(c2ccc(I)cc2)CC2CCC1[N+]2(C)CCCF. The standard InChI is InChI=1S/C19H26FINO2/c1-22(11-3-10-20)15-8-9-17(22)18(19(23)24-2)16(12-15)13-4-6-14(21)7-5-13/h4-7,15-18H,3,8-12H2,1-2H3/q+1. The van der Waals surface area contributed by atoms with Crippen molar-refractivity contribution in [3.05, 3.63) is 33.4 Å². The smallest absolute Gasteiger partial charge is 0.315 e. The van der Waals surface area contributed by atoms with Crippen molar-refractivity contribution in [3.63, 3.8) is 0 Å². The molecule has 1 aromatic rings. The fourth-order valence-electron chi connectivity index (χ4n) is 5.10. The lowest BCUT2D eigenvalue weighted by Crippen LogP contribution is -2.62. The molecule has 2 aliphatic rings. The first-order valence-corrected chi connectivity index (χ1v) is 9.83. The number of benzene rings is 1. The molecule has 3 nitrogen and oxygen atoms in total. The Kier molecular flexibility index (Phi) is 5.49. The number of carbonyl (C=O) groups excluding carboxylic acids is 1. The summed E-state index contributed by atoms with van der Waals surface area (Å²) in [6.45, 7) is 0.537. The summed E-state index contributed by atoms with van der Waals surface area (Å²) in [5.41, 5.74) is 1.24. The molecule has 5 atom stereocenters. The average Bonchev–Trinajstić information content (AvgIpc) is 2.78. The minimum Gasteiger partial charge on any atom is -0.469 e. The summed E-state index contributed by atoms with van der Waals surface area (Å²) in [4.78, 5) is 12.7. The second-order valence-electron chi connectivity index (χ2n) is 7.35. The van der Waals surface area contributed by atoms with Gasteiger partial charge in [0.05, 0.1) is 33.4 Å². The molecule has 0 saturated carbocycles. The van der Waals surface area contributed by atoms with Gasteiger partial charge in [0.2, 0.25) is 0 Å². The van der Waals surface area contributed by atoms with E-state index in [0.29, 0.717) is 12.5 Å². The molecule has 0 spiro atoms. The highest BCUT2D eigenvalue weighted by Crippen LogP contribution is 2.51. The number of hydrogen-bond acceptors (Lipinski definition) is 2. The van der Waals surface area contributed by atoms with E-state index in [4.69, 9.17) is 4.74 Å². The summed E-state index contributed by atoms with van der Waals surface area (Å²) in [5.74, 6) is -0.0181. The van der Waals surface area contributed by atoms with Crippen LogP contribution in [0, 0.1) is 9.49 Å². The maximum atomic E-state index is 12.8. The van der Waals surface area contributed by atoms with Gasteiger partial charge in [-0.15, -0.1) is 0 Å². The second kappa shape index (κ2) is 7.28. The van der Waals surface area contributed by atoms with Gasteiger partial charge < -0.3 is 9.22 Å². The lowest BCUT2D eigenvalue weighted by atomic mass is 9.74. The van der Waals surface area contributed by atoms with Gasteiger partial charge in [-0.3, -0.25) is 9.18 Å². The van der Waals surface area contributed by atoms with Gasteiger partial charge >= 0.3 is 5.97 Å². The fourth-order valence-corrected chi connectivity index (χ4v) is 5.46. The topological polar surface area (TPSA) is 26.3 Å². The lowest BCUT2D eigenvalue weighted by molar-refractivity contribution is -0.951. The number of rotatable bonds is 5. The van der Waals surface area contributed by atoms with Crippen LogP contribution in [0.15, 0.2) is 24.3 Å². The largest absolute Gasteiger partial charge is 0.469 e. The summed E-state index contributed by atoms with van der Waals surface area (Å²) in [6, 6.07) is 9.28. The summed E-state index contributed by atoms with van der Waals surface area (Å²) < 4.78 is 20.0. The van der Waals surface area contributed by atoms with Gasteiger partial charge in [-0.05, 0) is 40.3 Å². The molecule has 2 fully saturated rings. The van der Waals surface area contributed by atoms with Crippen molar-refractivity contribution in [2.24, 2.45) is 5.92 Å². The lowest BCUT2D eigenvalue weighted by Gasteiger charge is -2.50. The Bertz CT molecular complexity index is 594. The molecule has 0 radical (unpaired) electrons. The minimum atomic E-state index is -0.281. The van der Waals surface area contributed by atoms with Crippen LogP contribution in [0.5, 0.6) is 0 Å². The molecular formula is C19H26FINO2+. The van der Waals surface area contributed by atoms with Crippen LogP contribution in [0.2, 0.25) is 0 Å². The molecule has 3 rings (SSSR count). The number of quaternary nitrogens is 1. The van der Waals surface area contributed by atoms with Gasteiger partial charge in [-0.2, -0.15) is 0 Å². The van der Waals surface area contributed by atoms with Gasteiger partial charge in [0.25, 0.3) is 0 Å². The predicted molar refractivity (Wildman–Crippen MR) is 100 cm³/mol. The van der Waals surface area contributed by atoms with Crippen molar-refractivity contribution in [1.29, 1.82) is 0 Å². The third-order valence-corrected chi connectivity index (χ3v) is 7.03. The maximum Gasteiger partial charge on any atom is 0.315 e. The van der Waals surface area contributed by atoms with Crippen LogP contribution in [0.3, 0.4) is 0 Å². The van der Waals surface area contributed by atoms with E-state index in [9.17, 15) is 9.18 Å². The molecular weight excluding hydrogens is 420 g/mol. The van der Waals surface area contributed by atoms with Crippen LogP contribution in [-0.2, 0) is 9.53 Å². The van der Waals surface area contributed by atoms with E-state index in [1.165, 1.54) is 16.2 Å². The van der Waals surface area contributed by atoms with Gasteiger partial charge in [0.15, 0.2) is 0 Å². The molecule has 24 heavy (non-hydrogen) atoms. The van der Waals surface area contributed by atoms with E-state index in [-0.39, 0.29) is 30.5 Å². The van der Waals surface area contributed by atoms with E-state index < -0.39 is 0 Å². The Balaban J connectivity index is 1.95. The number of ether oxygens (including phenoxy) is 1. The summed E-state index contributed by atoms with van der Waals surface area (Å²) in [7, 11) is 3.71. The van der Waals surface area contributed by atoms with Gasteiger partial charge in [0.1, 0.15) is 12.0 Å². The van der Waals surface area contributed by atoms with Crippen LogP contribution in [0.4, 0.5) is 4.39 Å². The number of halogens is 2. The van der Waals surface area contributed by atoms with Gasteiger partial charge in [-0.1, -0.05) is 12.1 Å². The van der Waals surface area contributed by atoms with E-state index >= 15 is 0 Å².